The molecule has 0 amide bonds. The van der Waals surface area contributed by atoms with Crippen molar-refractivity contribution in [1.29, 1.82) is 0 Å². The van der Waals surface area contributed by atoms with Crippen molar-refractivity contribution in [3.8, 4) is 0 Å². The molecule has 0 rings (SSSR count). The molecule has 2 heteroatoms. The molecule has 0 heterocycles. The Balaban J connectivity index is 3.51. The minimum Gasteiger partial charge on any atom is -0.481 e. The fraction of sp³-hybridized carbons (Fsp3) is 0.409. The van der Waals surface area contributed by atoms with Gasteiger partial charge in [-0.25, -0.2) is 0 Å². The van der Waals surface area contributed by atoms with Crippen LogP contribution in [0.2, 0.25) is 0 Å². The summed E-state index contributed by atoms with van der Waals surface area (Å²) in [5, 5.41) is 8.49. The van der Waals surface area contributed by atoms with Gasteiger partial charge in [0.2, 0.25) is 0 Å². The average Bonchev–Trinajstić information content (AvgIpc) is 2.56. The van der Waals surface area contributed by atoms with Crippen molar-refractivity contribution in [2.24, 2.45) is 0 Å². The first kappa shape index (κ1) is 21.9. The van der Waals surface area contributed by atoms with Gasteiger partial charge < -0.3 is 5.11 Å². The summed E-state index contributed by atoms with van der Waals surface area (Å²) < 4.78 is 0. The SMILES string of the molecule is CC/C=C/C/C=C\C/C=C\C/C=C/C/C=C\C/C=C/CCC(=O)O. The molecule has 0 atom stereocenters. The molecule has 0 bridgehead atoms. The first-order valence-electron chi connectivity index (χ1n) is 8.89. The van der Waals surface area contributed by atoms with Crippen LogP contribution in [0.15, 0.2) is 72.9 Å². The monoisotopic (exact) mass is 328 g/mol. The topological polar surface area (TPSA) is 37.3 Å². The highest BCUT2D eigenvalue weighted by Crippen LogP contribution is 1.97. The van der Waals surface area contributed by atoms with Crippen LogP contribution in [0, 0.1) is 0 Å². The highest BCUT2D eigenvalue weighted by Gasteiger charge is 1.90. The maximum absolute atomic E-state index is 10.3. The Kier molecular flexibility index (Phi) is 17.3. The Labute approximate surface area is 147 Å². The van der Waals surface area contributed by atoms with Gasteiger partial charge in [-0.2, -0.15) is 0 Å². The molecule has 0 aromatic rings. The summed E-state index contributed by atoms with van der Waals surface area (Å²) >= 11 is 0. The zero-order chi connectivity index (χ0) is 17.7. The highest BCUT2D eigenvalue weighted by molar-refractivity contribution is 5.66. The first-order valence-corrected chi connectivity index (χ1v) is 8.89. The standard InChI is InChI=1S/C22H32O2/c1-2-3-4-5-6-7-8-9-10-11-12-13-14-15-16-17-18-19-20-21-22(23)24/h3-4,6-7,9-10,12-13,15-16,18-19H,2,5,8,11,14,17,20-21H2,1H3,(H,23,24)/b4-3+,7-6-,10-9-,13-12+,16-15-,19-18+. The predicted octanol–water partition coefficient (Wildman–Crippen LogP) is 6.55. The quantitative estimate of drug-likeness (QED) is 0.367. The summed E-state index contributed by atoms with van der Waals surface area (Å²) in [6, 6.07) is 0. The molecule has 0 saturated heterocycles. The van der Waals surface area contributed by atoms with E-state index in [-0.39, 0.29) is 6.42 Å². The summed E-state index contributed by atoms with van der Waals surface area (Å²) in [5.41, 5.74) is 0. The normalized spacial score (nSPS) is 13.0. The third kappa shape index (κ3) is 19.9. The van der Waals surface area contributed by atoms with E-state index in [0.29, 0.717) is 6.42 Å². The van der Waals surface area contributed by atoms with Crippen molar-refractivity contribution in [2.45, 2.75) is 58.3 Å². The molecule has 0 aliphatic heterocycles. The van der Waals surface area contributed by atoms with E-state index in [9.17, 15) is 4.79 Å². The van der Waals surface area contributed by atoms with Gasteiger partial charge in [0.05, 0.1) is 0 Å². The van der Waals surface area contributed by atoms with E-state index >= 15 is 0 Å². The highest BCUT2D eigenvalue weighted by atomic mass is 16.4. The molecule has 0 aliphatic carbocycles. The van der Waals surface area contributed by atoms with Gasteiger partial charge in [0.1, 0.15) is 0 Å². The van der Waals surface area contributed by atoms with E-state index < -0.39 is 5.97 Å². The van der Waals surface area contributed by atoms with Crippen LogP contribution in [-0.2, 0) is 4.79 Å². The van der Waals surface area contributed by atoms with Crippen LogP contribution in [0.1, 0.15) is 58.3 Å². The summed E-state index contributed by atoms with van der Waals surface area (Å²) in [5.74, 6) is -0.741. The lowest BCUT2D eigenvalue weighted by Gasteiger charge is -1.87. The van der Waals surface area contributed by atoms with Crippen LogP contribution in [0.5, 0.6) is 0 Å². The Morgan fingerprint density at radius 2 is 0.958 bits per heavy atom. The molecule has 0 spiro atoms. The second-order valence-electron chi connectivity index (χ2n) is 5.35. The van der Waals surface area contributed by atoms with Crippen LogP contribution in [0.25, 0.3) is 0 Å². The van der Waals surface area contributed by atoms with E-state index in [2.05, 4.69) is 67.7 Å². The summed E-state index contributed by atoms with van der Waals surface area (Å²) in [6.07, 6.45) is 32.5. The molecule has 0 radical (unpaired) electrons. The Morgan fingerprint density at radius 1 is 0.625 bits per heavy atom. The molecule has 0 aliphatic rings. The van der Waals surface area contributed by atoms with Gasteiger partial charge in [0.15, 0.2) is 0 Å². The smallest absolute Gasteiger partial charge is 0.303 e. The maximum Gasteiger partial charge on any atom is 0.303 e. The lowest BCUT2D eigenvalue weighted by molar-refractivity contribution is -0.136. The zero-order valence-corrected chi connectivity index (χ0v) is 14.9. The Hall–Kier alpha value is -2.09. The molecular formula is C22H32O2. The lowest BCUT2D eigenvalue weighted by Crippen LogP contribution is -1.91. The molecule has 1 N–H and O–H groups in total. The van der Waals surface area contributed by atoms with Crippen LogP contribution < -0.4 is 0 Å². The van der Waals surface area contributed by atoms with Gasteiger partial charge in [-0.3, -0.25) is 4.79 Å². The summed E-state index contributed by atoms with van der Waals surface area (Å²) in [4.78, 5) is 10.3. The third-order valence-corrected chi connectivity index (χ3v) is 3.12. The first-order chi connectivity index (χ1) is 11.8. The molecule has 2 nitrogen and oxygen atoms in total. The third-order valence-electron chi connectivity index (χ3n) is 3.12. The molecule has 0 saturated carbocycles. The Bertz CT molecular complexity index is 462. The van der Waals surface area contributed by atoms with E-state index in [1.54, 1.807) is 0 Å². The van der Waals surface area contributed by atoms with E-state index in [1.165, 1.54) is 0 Å². The number of rotatable bonds is 14. The van der Waals surface area contributed by atoms with E-state index in [1.807, 2.05) is 12.2 Å². The van der Waals surface area contributed by atoms with Crippen LogP contribution in [0.3, 0.4) is 0 Å². The number of hydrogen-bond acceptors (Lipinski definition) is 1. The van der Waals surface area contributed by atoms with Crippen molar-refractivity contribution >= 4 is 5.97 Å². The minimum atomic E-state index is -0.741. The molecule has 0 aromatic heterocycles. The van der Waals surface area contributed by atoms with Gasteiger partial charge >= 0.3 is 5.97 Å². The fourth-order valence-electron chi connectivity index (χ4n) is 1.85. The predicted molar refractivity (Wildman–Crippen MR) is 105 cm³/mol. The number of hydrogen-bond donors (Lipinski definition) is 1. The van der Waals surface area contributed by atoms with Crippen LogP contribution >= 0.6 is 0 Å². The van der Waals surface area contributed by atoms with Crippen molar-refractivity contribution in [3.05, 3.63) is 72.9 Å². The average molecular weight is 328 g/mol. The van der Waals surface area contributed by atoms with Gasteiger partial charge in [0.25, 0.3) is 0 Å². The largest absolute Gasteiger partial charge is 0.481 e. The second-order valence-corrected chi connectivity index (χ2v) is 5.35. The fourth-order valence-corrected chi connectivity index (χ4v) is 1.85. The Morgan fingerprint density at radius 3 is 1.29 bits per heavy atom. The number of aliphatic carboxylic acids is 1. The van der Waals surface area contributed by atoms with Crippen molar-refractivity contribution < 1.29 is 9.90 Å². The van der Waals surface area contributed by atoms with Crippen molar-refractivity contribution in [3.63, 3.8) is 0 Å². The van der Waals surface area contributed by atoms with Crippen molar-refractivity contribution in [1.82, 2.24) is 0 Å². The second kappa shape index (κ2) is 19.0. The zero-order valence-electron chi connectivity index (χ0n) is 14.9. The maximum atomic E-state index is 10.3. The van der Waals surface area contributed by atoms with E-state index in [4.69, 9.17) is 5.11 Å². The van der Waals surface area contributed by atoms with Crippen LogP contribution in [0.4, 0.5) is 0 Å². The molecule has 24 heavy (non-hydrogen) atoms. The molecule has 132 valence electrons. The van der Waals surface area contributed by atoms with E-state index in [0.717, 1.165) is 38.5 Å². The minimum absolute atomic E-state index is 0.210. The molecule has 0 fully saturated rings. The van der Waals surface area contributed by atoms with Crippen LogP contribution in [-0.4, -0.2) is 11.1 Å². The van der Waals surface area contributed by atoms with Crippen molar-refractivity contribution in [2.75, 3.05) is 0 Å². The molecular weight excluding hydrogens is 296 g/mol. The van der Waals surface area contributed by atoms with Gasteiger partial charge in [-0.05, 0) is 44.9 Å². The molecule has 0 unspecified atom stereocenters. The number of allylic oxidation sites excluding steroid dienone is 12. The van der Waals surface area contributed by atoms with Gasteiger partial charge in [-0.1, -0.05) is 79.8 Å². The summed E-state index contributed by atoms with van der Waals surface area (Å²) in [6.45, 7) is 2.15. The van der Waals surface area contributed by atoms with Gasteiger partial charge in [-0.15, -0.1) is 0 Å². The number of carboxylic acids is 1. The van der Waals surface area contributed by atoms with Gasteiger partial charge in [0, 0.05) is 6.42 Å². The lowest BCUT2D eigenvalue weighted by atomic mass is 10.2. The number of carboxylic acid groups (broad SMARTS) is 1. The number of carbonyl (C=O) groups is 1. The molecule has 0 aromatic carbocycles. The summed E-state index contributed by atoms with van der Waals surface area (Å²) in [7, 11) is 0.